The third-order valence-electron chi connectivity index (χ3n) is 3.47. The lowest BCUT2D eigenvalue weighted by Gasteiger charge is -2.03. The van der Waals surface area contributed by atoms with Crippen molar-refractivity contribution in [2.45, 2.75) is 6.92 Å². The van der Waals surface area contributed by atoms with Gasteiger partial charge in [0, 0.05) is 18.1 Å². The van der Waals surface area contributed by atoms with E-state index in [1.807, 2.05) is 29.1 Å². The van der Waals surface area contributed by atoms with Gasteiger partial charge >= 0.3 is 5.97 Å². The van der Waals surface area contributed by atoms with Gasteiger partial charge in [-0.2, -0.15) is 0 Å². The van der Waals surface area contributed by atoms with Crippen LogP contribution in [0.5, 0.6) is 0 Å². The molecule has 0 radical (unpaired) electrons. The predicted molar refractivity (Wildman–Crippen MR) is 82.9 cm³/mol. The smallest absolute Gasteiger partial charge is 0.335 e. The topological polar surface area (TPSA) is 42.2 Å². The van der Waals surface area contributed by atoms with Crippen molar-refractivity contribution >= 4 is 5.97 Å². The molecule has 0 fully saturated rings. The molecule has 0 unspecified atom stereocenters. The number of carbonyl (C=O) groups is 1. The number of rotatable bonds is 3. The van der Waals surface area contributed by atoms with Gasteiger partial charge in [-0.1, -0.05) is 29.8 Å². The standard InChI is InChI=1S/C18H15NO2/c1-13-5-7-17(8-6-13)19-10-9-16(12-19)14-3-2-4-15(11-14)18(20)21/h2-12H,1H3,(H,20,21). The average Bonchev–Trinajstić information content (AvgIpc) is 2.98. The maximum atomic E-state index is 11.0. The van der Waals surface area contributed by atoms with Gasteiger partial charge in [-0.3, -0.25) is 0 Å². The third-order valence-corrected chi connectivity index (χ3v) is 3.47. The van der Waals surface area contributed by atoms with Crippen molar-refractivity contribution in [3.8, 4) is 16.8 Å². The molecule has 3 heteroatoms. The van der Waals surface area contributed by atoms with Crippen LogP contribution in [0.15, 0.2) is 67.0 Å². The number of nitrogens with zero attached hydrogens (tertiary/aromatic N) is 1. The fourth-order valence-corrected chi connectivity index (χ4v) is 2.28. The number of aryl methyl sites for hydroxylation is 1. The molecule has 1 N–H and O–H groups in total. The number of aromatic carboxylic acids is 1. The summed E-state index contributed by atoms with van der Waals surface area (Å²) in [5.74, 6) is -0.908. The molecular weight excluding hydrogens is 262 g/mol. The highest BCUT2D eigenvalue weighted by molar-refractivity contribution is 5.89. The molecule has 21 heavy (non-hydrogen) atoms. The molecule has 3 nitrogen and oxygen atoms in total. The summed E-state index contributed by atoms with van der Waals surface area (Å²) in [5, 5.41) is 9.06. The van der Waals surface area contributed by atoms with Crippen molar-refractivity contribution in [2.24, 2.45) is 0 Å². The Balaban J connectivity index is 1.96. The third kappa shape index (κ3) is 2.72. The monoisotopic (exact) mass is 277 g/mol. The summed E-state index contributed by atoms with van der Waals surface area (Å²) in [5.41, 5.74) is 4.51. The van der Waals surface area contributed by atoms with Crippen LogP contribution in [-0.4, -0.2) is 15.6 Å². The number of hydrogen-bond acceptors (Lipinski definition) is 1. The van der Waals surface area contributed by atoms with Crippen molar-refractivity contribution in [3.05, 3.63) is 78.1 Å². The lowest BCUT2D eigenvalue weighted by atomic mass is 10.1. The maximum Gasteiger partial charge on any atom is 0.335 e. The van der Waals surface area contributed by atoms with Crippen LogP contribution >= 0.6 is 0 Å². The Morgan fingerprint density at radius 3 is 2.48 bits per heavy atom. The molecule has 0 saturated carbocycles. The summed E-state index contributed by atoms with van der Waals surface area (Å²) in [6.07, 6.45) is 3.99. The number of carboxylic acids is 1. The molecule has 0 spiro atoms. The van der Waals surface area contributed by atoms with Gasteiger partial charge in [0.15, 0.2) is 0 Å². The number of hydrogen-bond donors (Lipinski definition) is 1. The van der Waals surface area contributed by atoms with E-state index in [0.717, 1.165) is 16.8 Å². The van der Waals surface area contributed by atoms with Crippen LogP contribution in [0.25, 0.3) is 16.8 Å². The Kier molecular flexibility index (Phi) is 3.32. The van der Waals surface area contributed by atoms with Gasteiger partial charge in [0.25, 0.3) is 0 Å². The van der Waals surface area contributed by atoms with Crippen molar-refractivity contribution in [1.82, 2.24) is 4.57 Å². The largest absolute Gasteiger partial charge is 0.478 e. The molecule has 0 bridgehead atoms. The number of aromatic nitrogens is 1. The zero-order valence-electron chi connectivity index (χ0n) is 11.7. The van der Waals surface area contributed by atoms with Crippen molar-refractivity contribution in [3.63, 3.8) is 0 Å². The molecule has 3 aromatic rings. The molecule has 104 valence electrons. The van der Waals surface area contributed by atoms with Gasteiger partial charge in [0.2, 0.25) is 0 Å². The van der Waals surface area contributed by atoms with E-state index in [1.54, 1.807) is 18.2 Å². The summed E-state index contributed by atoms with van der Waals surface area (Å²) in [6.45, 7) is 2.06. The first-order chi connectivity index (χ1) is 10.1. The van der Waals surface area contributed by atoms with E-state index in [0.29, 0.717) is 5.56 Å². The number of carboxylic acid groups (broad SMARTS) is 1. The van der Waals surface area contributed by atoms with E-state index in [9.17, 15) is 4.79 Å². The zero-order chi connectivity index (χ0) is 14.8. The summed E-state index contributed by atoms with van der Waals surface area (Å²) in [4.78, 5) is 11.0. The first-order valence-corrected chi connectivity index (χ1v) is 6.72. The molecule has 0 aliphatic rings. The molecule has 0 aliphatic carbocycles. The summed E-state index contributed by atoms with van der Waals surface area (Å²) < 4.78 is 2.03. The lowest BCUT2D eigenvalue weighted by Crippen LogP contribution is -1.95. The van der Waals surface area contributed by atoms with Crippen LogP contribution in [0.1, 0.15) is 15.9 Å². The second-order valence-electron chi connectivity index (χ2n) is 5.03. The van der Waals surface area contributed by atoms with Crippen LogP contribution in [0.3, 0.4) is 0 Å². The summed E-state index contributed by atoms with van der Waals surface area (Å²) >= 11 is 0. The van der Waals surface area contributed by atoms with Gasteiger partial charge in [-0.15, -0.1) is 0 Å². The fraction of sp³-hybridized carbons (Fsp3) is 0.0556. The van der Waals surface area contributed by atoms with E-state index >= 15 is 0 Å². The minimum Gasteiger partial charge on any atom is -0.478 e. The average molecular weight is 277 g/mol. The first kappa shape index (κ1) is 13.2. The first-order valence-electron chi connectivity index (χ1n) is 6.72. The minimum absolute atomic E-state index is 0.301. The van der Waals surface area contributed by atoms with E-state index in [-0.39, 0.29) is 0 Å². The molecule has 0 saturated heterocycles. The van der Waals surface area contributed by atoms with E-state index in [1.165, 1.54) is 5.56 Å². The molecule has 3 rings (SSSR count). The van der Waals surface area contributed by atoms with Crippen LogP contribution in [-0.2, 0) is 0 Å². The Morgan fingerprint density at radius 2 is 1.76 bits per heavy atom. The van der Waals surface area contributed by atoms with E-state index in [2.05, 4.69) is 31.2 Å². The Labute approximate surface area is 123 Å². The highest BCUT2D eigenvalue weighted by atomic mass is 16.4. The van der Waals surface area contributed by atoms with Crippen molar-refractivity contribution in [2.75, 3.05) is 0 Å². The Bertz CT molecular complexity index is 785. The second-order valence-corrected chi connectivity index (χ2v) is 5.03. The Morgan fingerprint density at radius 1 is 1.00 bits per heavy atom. The summed E-state index contributed by atoms with van der Waals surface area (Å²) in [7, 11) is 0. The fourth-order valence-electron chi connectivity index (χ4n) is 2.28. The normalized spacial score (nSPS) is 10.5. The minimum atomic E-state index is -0.908. The SMILES string of the molecule is Cc1ccc(-n2ccc(-c3cccc(C(=O)O)c3)c2)cc1. The molecule has 1 aromatic heterocycles. The predicted octanol–water partition coefficient (Wildman–Crippen LogP) is 4.15. The van der Waals surface area contributed by atoms with Crippen molar-refractivity contribution in [1.29, 1.82) is 0 Å². The molecule has 0 aliphatic heterocycles. The summed E-state index contributed by atoms with van der Waals surface area (Å²) in [6, 6.07) is 17.2. The highest BCUT2D eigenvalue weighted by Crippen LogP contribution is 2.23. The van der Waals surface area contributed by atoms with Gasteiger partial charge in [-0.25, -0.2) is 4.79 Å². The maximum absolute atomic E-state index is 11.0. The van der Waals surface area contributed by atoms with Gasteiger partial charge in [0.05, 0.1) is 5.56 Å². The number of benzene rings is 2. The van der Waals surface area contributed by atoms with E-state index < -0.39 is 5.97 Å². The van der Waals surface area contributed by atoms with Gasteiger partial charge in [-0.05, 0) is 48.4 Å². The molecule has 0 atom stereocenters. The van der Waals surface area contributed by atoms with Gasteiger partial charge in [0.1, 0.15) is 0 Å². The zero-order valence-corrected chi connectivity index (χ0v) is 11.7. The molecular formula is C18H15NO2. The van der Waals surface area contributed by atoms with Crippen LogP contribution in [0.2, 0.25) is 0 Å². The Hall–Kier alpha value is -2.81. The van der Waals surface area contributed by atoms with Crippen LogP contribution in [0.4, 0.5) is 0 Å². The molecule has 2 aromatic carbocycles. The van der Waals surface area contributed by atoms with Crippen molar-refractivity contribution < 1.29 is 9.90 Å². The quantitative estimate of drug-likeness (QED) is 0.781. The lowest BCUT2D eigenvalue weighted by molar-refractivity contribution is 0.0697. The molecule has 1 heterocycles. The molecule has 0 amide bonds. The van der Waals surface area contributed by atoms with Crippen LogP contribution in [0, 0.1) is 6.92 Å². The second kappa shape index (κ2) is 5.29. The highest BCUT2D eigenvalue weighted by Gasteiger charge is 2.06. The van der Waals surface area contributed by atoms with Crippen LogP contribution < -0.4 is 0 Å². The van der Waals surface area contributed by atoms with Gasteiger partial charge < -0.3 is 9.67 Å². The van der Waals surface area contributed by atoms with E-state index in [4.69, 9.17) is 5.11 Å².